The molecule has 19 heavy (non-hydrogen) atoms. The minimum atomic E-state index is 0.0598. The van der Waals surface area contributed by atoms with E-state index in [4.69, 9.17) is 23.2 Å². The largest absolute Gasteiger partial charge is 0.309 e. The maximum Gasteiger partial charge on any atom is 0.227 e. The van der Waals surface area contributed by atoms with Crippen LogP contribution in [0.1, 0.15) is 6.42 Å². The van der Waals surface area contributed by atoms with Gasteiger partial charge in [0.25, 0.3) is 0 Å². The van der Waals surface area contributed by atoms with Gasteiger partial charge in [0.2, 0.25) is 5.91 Å². The van der Waals surface area contributed by atoms with E-state index in [9.17, 15) is 4.79 Å². The zero-order valence-electron chi connectivity index (χ0n) is 10.1. The second-order valence-corrected chi connectivity index (χ2v) is 5.39. The number of carbonyl (C=O) groups is 1. The highest BCUT2D eigenvalue weighted by Gasteiger charge is 2.31. The van der Waals surface area contributed by atoms with Crippen molar-refractivity contribution in [2.45, 2.75) is 6.42 Å². The zero-order chi connectivity index (χ0) is 13.4. The van der Waals surface area contributed by atoms with Crippen LogP contribution in [0, 0.1) is 5.92 Å². The number of pyridine rings is 1. The normalized spacial score (nSPS) is 19.4. The Hall–Kier alpha value is -1.32. The summed E-state index contributed by atoms with van der Waals surface area (Å²) in [5.41, 5.74) is 1.51. The maximum absolute atomic E-state index is 12.0. The second kappa shape index (κ2) is 4.99. The van der Waals surface area contributed by atoms with Gasteiger partial charge in [0.05, 0.1) is 22.4 Å². The first-order valence-corrected chi connectivity index (χ1v) is 7.01. The number of fused-ring (bicyclic) bond motifs is 1. The highest BCUT2D eigenvalue weighted by Crippen LogP contribution is 2.35. The topological polar surface area (TPSA) is 33.2 Å². The van der Waals surface area contributed by atoms with Gasteiger partial charge in [-0.3, -0.25) is 9.78 Å². The van der Waals surface area contributed by atoms with Crippen LogP contribution in [0.2, 0.25) is 5.02 Å². The van der Waals surface area contributed by atoms with E-state index >= 15 is 0 Å². The van der Waals surface area contributed by atoms with E-state index < -0.39 is 0 Å². The Kier molecular flexibility index (Phi) is 3.33. The number of para-hydroxylation sites is 1. The summed E-state index contributed by atoms with van der Waals surface area (Å²) in [5.74, 6) is 0.738. The van der Waals surface area contributed by atoms with Crippen molar-refractivity contribution in [1.29, 1.82) is 0 Å². The van der Waals surface area contributed by atoms with Crippen molar-refractivity contribution in [3.8, 4) is 0 Å². The number of rotatable bonds is 2. The molecule has 0 saturated carbocycles. The lowest BCUT2D eigenvalue weighted by atomic mass is 10.1. The van der Waals surface area contributed by atoms with E-state index in [-0.39, 0.29) is 11.8 Å². The van der Waals surface area contributed by atoms with Crippen LogP contribution in [0.3, 0.4) is 0 Å². The van der Waals surface area contributed by atoms with E-state index in [1.807, 2.05) is 24.3 Å². The summed E-state index contributed by atoms with van der Waals surface area (Å²) in [6, 6.07) is 7.63. The molecule has 0 N–H and O–H groups in total. The molecule has 3 rings (SSSR count). The fourth-order valence-corrected chi connectivity index (χ4v) is 2.92. The number of halogens is 2. The minimum Gasteiger partial charge on any atom is -0.309 e. The van der Waals surface area contributed by atoms with Gasteiger partial charge in [0.1, 0.15) is 0 Å². The molecule has 0 radical (unpaired) electrons. The van der Waals surface area contributed by atoms with Crippen LogP contribution in [-0.2, 0) is 4.79 Å². The van der Waals surface area contributed by atoms with E-state index in [1.54, 1.807) is 11.1 Å². The number of anilines is 1. The van der Waals surface area contributed by atoms with Gasteiger partial charge in [-0.2, -0.15) is 0 Å². The molecule has 1 saturated heterocycles. The first kappa shape index (κ1) is 12.7. The van der Waals surface area contributed by atoms with Crippen LogP contribution in [-0.4, -0.2) is 23.3 Å². The summed E-state index contributed by atoms with van der Waals surface area (Å²) < 4.78 is 0. The molecule has 1 aliphatic rings. The monoisotopic (exact) mass is 294 g/mol. The fraction of sp³-hybridized carbons (Fsp3) is 0.286. The van der Waals surface area contributed by atoms with Crippen LogP contribution in [0.15, 0.2) is 30.5 Å². The van der Waals surface area contributed by atoms with Gasteiger partial charge < -0.3 is 4.90 Å². The van der Waals surface area contributed by atoms with Crippen molar-refractivity contribution < 1.29 is 4.79 Å². The molecule has 1 aromatic carbocycles. The van der Waals surface area contributed by atoms with Gasteiger partial charge >= 0.3 is 0 Å². The number of benzene rings is 1. The molecular weight excluding hydrogens is 283 g/mol. The zero-order valence-corrected chi connectivity index (χ0v) is 11.7. The highest BCUT2D eigenvalue weighted by molar-refractivity contribution is 6.38. The summed E-state index contributed by atoms with van der Waals surface area (Å²) in [7, 11) is 0. The first-order valence-electron chi connectivity index (χ1n) is 6.10. The Morgan fingerprint density at radius 1 is 1.37 bits per heavy atom. The molecule has 5 heteroatoms. The Bertz CT molecular complexity index is 644. The SMILES string of the molecule is O=C1CC(CCl)CN1c1cnc2ccccc2c1Cl. The molecule has 1 atom stereocenters. The molecule has 2 heterocycles. The molecule has 0 bridgehead atoms. The highest BCUT2D eigenvalue weighted by atomic mass is 35.5. The van der Waals surface area contributed by atoms with Crippen LogP contribution in [0.25, 0.3) is 10.9 Å². The molecule has 0 spiro atoms. The van der Waals surface area contributed by atoms with Crippen LogP contribution < -0.4 is 4.90 Å². The number of hydrogen-bond acceptors (Lipinski definition) is 2. The van der Waals surface area contributed by atoms with E-state index in [1.165, 1.54) is 0 Å². The first-order chi connectivity index (χ1) is 9.20. The molecular formula is C14H12Cl2N2O. The summed E-state index contributed by atoms with van der Waals surface area (Å²) in [6.07, 6.45) is 2.14. The predicted molar refractivity (Wildman–Crippen MR) is 77.9 cm³/mol. The molecule has 1 fully saturated rings. The maximum atomic E-state index is 12.0. The lowest BCUT2D eigenvalue weighted by molar-refractivity contribution is -0.117. The summed E-state index contributed by atoms with van der Waals surface area (Å²) >= 11 is 12.2. The minimum absolute atomic E-state index is 0.0598. The molecule has 1 unspecified atom stereocenters. The third-order valence-electron chi connectivity index (χ3n) is 3.41. The van der Waals surface area contributed by atoms with Crippen LogP contribution >= 0.6 is 23.2 Å². The number of aromatic nitrogens is 1. The van der Waals surface area contributed by atoms with Gasteiger partial charge in [0.15, 0.2) is 0 Å². The van der Waals surface area contributed by atoms with Crippen molar-refractivity contribution in [3.05, 3.63) is 35.5 Å². The Morgan fingerprint density at radius 2 is 2.16 bits per heavy atom. The second-order valence-electron chi connectivity index (χ2n) is 4.70. The lowest BCUT2D eigenvalue weighted by Gasteiger charge is -2.18. The smallest absolute Gasteiger partial charge is 0.227 e. The molecule has 3 nitrogen and oxygen atoms in total. The van der Waals surface area contributed by atoms with Crippen molar-refractivity contribution in [1.82, 2.24) is 4.98 Å². The third kappa shape index (κ3) is 2.17. The molecule has 2 aromatic rings. The fourth-order valence-electron chi connectivity index (χ4n) is 2.40. The summed E-state index contributed by atoms with van der Waals surface area (Å²) in [5, 5.41) is 1.44. The van der Waals surface area contributed by atoms with E-state index in [0.717, 1.165) is 10.9 Å². The van der Waals surface area contributed by atoms with Gasteiger partial charge in [-0.1, -0.05) is 29.8 Å². The quantitative estimate of drug-likeness (QED) is 0.795. The molecule has 0 aliphatic carbocycles. The summed E-state index contributed by atoms with van der Waals surface area (Å²) in [6.45, 7) is 0.613. The van der Waals surface area contributed by atoms with Crippen LogP contribution in [0.5, 0.6) is 0 Å². The summed E-state index contributed by atoms with van der Waals surface area (Å²) in [4.78, 5) is 18.1. The lowest BCUT2D eigenvalue weighted by Crippen LogP contribution is -2.25. The number of amides is 1. The van der Waals surface area contributed by atoms with Crippen molar-refractivity contribution >= 4 is 45.7 Å². The average molecular weight is 295 g/mol. The van der Waals surface area contributed by atoms with E-state index in [0.29, 0.717) is 29.6 Å². The number of alkyl halides is 1. The van der Waals surface area contributed by atoms with Gasteiger partial charge in [0, 0.05) is 24.2 Å². The Balaban J connectivity index is 2.06. The van der Waals surface area contributed by atoms with Gasteiger partial charge in [-0.15, -0.1) is 11.6 Å². The number of hydrogen-bond donors (Lipinski definition) is 0. The Morgan fingerprint density at radius 3 is 2.89 bits per heavy atom. The molecule has 98 valence electrons. The van der Waals surface area contributed by atoms with Crippen molar-refractivity contribution in [2.75, 3.05) is 17.3 Å². The van der Waals surface area contributed by atoms with Gasteiger partial charge in [-0.05, 0) is 12.0 Å². The van der Waals surface area contributed by atoms with Crippen molar-refractivity contribution in [2.24, 2.45) is 5.92 Å². The van der Waals surface area contributed by atoms with Crippen LogP contribution in [0.4, 0.5) is 5.69 Å². The Labute approximate surface area is 121 Å². The number of nitrogens with zero attached hydrogens (tertiary/aromatic N) is 2. The van der Waals surface area contributed by atoms with Crippen molar-refractivity contribution in [3.63, 3.8) is 0 Å². The van der Waals surface area contributed by atoms with E-state index in [2.05, 4.69) is 4.98 Å². The average Bonchev–Trinajstić information content (AvgIpc) is 2.81. The molecule has 1 aliphatic heterocycles. The third-order valence-corrected chi connectivity index (χ3v) is 4.24. The van der Waals surface area contributed by atoms with Gasteiger partial charge in [-0.25, -0.2) is 0 Å². The molecule has 1 aromatic heterocycles. The number of carbonyl (C=O) groups excluding carboxylic acids is 1. The standard InChI is InChI=1S/C14H12Cl2N2O/c15-6-9-5-13(19)18(8-9)12-7-17-11-4-2-1-3-10(11)14(12)16/h1-4,7,9H,5-6,8H2. The molecule has 1 amide bonds. The predicted octanol–water partition coefficient (Wildman–Crippen LogP) is 3.48.